The third-order valence-corrected chi connectivity index (χ3v) is 3.23. The van der Waals surface area contributed by atoms with Crippen molar-refractivity contribution in [1.29, 1.82) is 0 Å². The molecule has 0 unspecified atom stereocenters. The molecular formula is C18H19F. The van der Waals surface area contributed by atoms with Gasteiger partial charge in [-0.1, -0.05) is 53.6 Å². The highest BCUT2D eigenvalue weighted by molar-refractivity contribution is 5.86. The van der Waals surface area contributed by atoms with Crippen molar-refractivity contribution in [3.05, 3.63) is 64.7 Å². The number of fused-ring (bicyclic) bond motifs is 1. The molecule has 0 aliphatic carbocycles. The van der Waals surface area contributed by atoms with E-state index < -0.39 is 6.67 Å². The smallest absolute Gasteiger partial charge is 0.108 e. The summed E-state index contributed by atoms with van der Waals surface area (Å²) < 4.78 is 12.1. The predicted molar refractivity (Wildman–Crippen MR) is 82.2 cm³/mol. The third kappa shape index (κ3) is 3.31. The minimum atomic E-state index is -0.416. The van der Waals surface area contributed by atoms with Crippen LogP contribution in [0.2, 0.25) is 0 Å². The lowest BCUT2D eigenvalue weighted by Crippen LogP contribution is -1.84. The summed E-state index contributed by atoms with van der Waals surface area (Å²) >= 11 is 0. The Morgan fingerprint density at radius 2 is 1.89 bits per heavy atom. The zero-order valence-electron chi connectivity index (χ0n) is 11.7. The van der Waals surface area contributed by atoms with Crippen LogP contribution >= 0.6 is 0 Å². The molecule has 1 heteroatoms. The second-order valence-corrected chi connectivity index (χ2v) is 5.00. The Labute approximate surface area is 114 Å². The Hall–Kier alpha value is -1.89. The molecule has 0 saturated heterocycles. The summed E-state index contributed by atoms with van der Waals surface area (Å²) in [5.41, 5.74) is 4.77. The maximum absolute atomic E-state index is 12.1. The van der Waals surface area contributed by atoms with Crippen molar-refractivity contribution in [3.8, 4) is 0 Å². The highest BCUT2D eigenvalue weighted by Gasteiger charge is 2.00. The lowest BCUT2D eigenvalue weighted by atomic mass is 9.99. The maximum atomic E-state index is 12.1. The van der Waals surface area contributed by atoms with E-state index in [4.69, 9.17) is 0 Å². The van der Waals surface area contributed by atoms with Gasteiger partial charge in [0.1, 0.15) is 6.67 Å². The number of alkyl halides is 1. The summed E-state index contributed by atoms with van der Waals surface area (Å²) in [4.78, 5) is 0. The van der Waals surface area contributed by atoms with E-state index in [1.807, 2.05) is 13.0 Å². The molecule has 98 valence electrons. The predicted octanol–water partition coefficient (Wildman–Crippen LogP) is 5.39. The van der Waals surface area contributed by atoms with Crippen LogP contribution in [0.25, 0.3) is 16.8 Å². The van der Waals surface area contributed by atoms with Crippen LogP contribution in [0.15, 0.2) is 48.1 Å². The van der Waals surface area contributed by atoms with E-state index >= 15 is 0 Å². The van der Waals surface area contributed by atoms with Gasteiger partial charge in [-0.05, 0) is 48.7 Å². The van der Waals surface area contributed by atoms with Crippen LogP contribution in [0, 0.1) is 13.8 Å². The highest BCUT2D eigenvalue weighted by Crippen LogP contribution is 2.23. The Morgan fingerprint density at radius 3 is 2.63 bits per heavy atom. The van der Waals surface area contributed by atoms with Crippen molar-refractivity contribution in [1.82, 2.24) is 0 Å². The Kier molecular flexibility index (Phi) is 4.16. The van der Waals surface area contributed by atoms with Gasteiger partial charge in [0.05, 0.1) is 0 Å². The first-order chi connectivity index (χ1) is 9.10. The van der Waals surface area contributed by atoms with E-state index in [0.29, 0.717) is 0 Å². The van der Waals surface area contributed by atoms with Gasteiger partial charge in [-0.15, -0.1) is 0 Å². The Morgan fingerprint density at radius 1 is 1.11 bits per heavy atom. The molecule has 0 radical (unpaired) electrons. The molecule has 19 heavy (non-hydrogen) atoms. The number of halogens is 1. The standard InChI is InChI=1S/C18H19F/c1-13(5-4-8-19)9-17-12-16-7-6-14(2)10-18(16)11-15(17)3/h4-7,9-12H,8H2,1-3H3/b5-4+,13-9-. The largest absolute Gasteiger partial charge is 0.247 e. The van der Waals surface area contributed by atoms with Crippen LogP contribution in [0.1, 0.15) is 23.6 Å². The molecule has 0 heterocycles. The van der Waals surface area contributed by atoms with Crippen molar-refractivity contribution in [2.45, 2.75) is 20.8 Å². The normalized spacial score (nSPS) is 12.5. The van der Waals surface area contributed by atoms with E-state index in [1.165, 1.54) is 33.5 Å². The van der Waals surface area contributed by atoms with Crippen LogP contribution in [0.4, 0.5) is 4.39 Å². The summed E-state index contributed by atoms with van der Waals surface area (Å²) in [6.45, 7) is 5.79. The molecule has 0 atom stereocenters. The number of hydrogen-bond donors (Lipinski definition) is 0. The molecule has 2 rings (SSSR count). The molecule has 0 spiro atoms. The van der Waals surface area contributed by atoms with E-state index in [9.17, 15) is 4.39 Å². The summed E-state index contributed by atoms with van der Waals surface area (Å²) in [6, 6.07) is 10.9. The van der Waals surface area contributed by atoms with Gasteiger partial charge in [0.25, 0.3) is 0 Å². The topological polar surface area (TPSA) is 0 Å². The fraction of sp³-hybridized carbons (Fsp3) is 0.222. The van der Waals surface area contributed by atoms with Gasteiger partial charge in [0, 0.05) is 0 Å². The minimum absolute atomic E-state index is 0.416. The molecule has 0 bridgehead atoms. The second kappa shape index (κ2) is 5.83. The molecule has 0 amide bonds. The summed E-state index contributed by atoms with van der Waals surface area (Å²) in [6.07, 6.45) is 5.45. The number of benzene rings is 2. The van der Waals surface area contributed by atoms with E-state index in [0.717, 1.165) is 5.57 Å². The summed E-state index contributed by atoms with van der Waals surface area (Å²) in [7, 11) is 0. The highest BCUT2D eigenvalue weighted by atomic mass is 19.1. The first-order valence-electron chi connectivity index (χ1n) is 6.52. The van der Waals surface area contributed by atoms with Crippen molar-refractivity contribution >= 4 is 16.8 Å². The van der Waals surface area contributed by atoms with Crippen LogP contribution in [-0.2, 0) is 0 Å². The number of rotatable bonds is 3. The lowest BCUT2D eigenvalue weighted by molar-refractivity contribution is 0.561. The van der Waals surface area contributed by atoms with Gasteiger partial charge in [-0.3, -0.25) is 0 Å². The van der Waals surface area contributed by atoms with Crippen molar-refractivity contribution in [2.24, 2.45) is 0 Å². The van der Waals surface area contributed by atoms with E-state index in [2.05, 4.69) is 50.3 Å². The zero-order valence-corrected chi connectivity index (χ0v) is 11.7. The molecule has 0 saturated carbocycles. The molecule has 0 aliphatic heterocycles. The molecule has 0 nitrogen and oxygen atoms in total. The average Bonchev–Trinajstić information content (AvgIpc) is 2.37. The Bertz CT molecular complexity index is 648. The van der Waals surface area contributed by atoms with Crippen LogP contribution in [0.5, 0.6) is 0 Å². The minimum Gasteiger partial charge on any atom is -0.247 e. The van der Waals surface area contributed by atoms with Gasteiger partial charge in [-0.2, -0.15) is 0 Å². The first-order valence-corrected chi connectivity index (χ1v) is 6.52. The number of allylic oxidation sites excluding steroid dienone is 3. The molecule has 0 aromatic heterocycles. The SMILES string of the molecule is CC(=C/c1cc2ccc(C)cc2cc1C)/C=C/CF. The first kappa shape index (κ1) is 13.5. The molecular weight excluding hydrogens is 235 g/mol. The zero-order chi connectivity index (χ0) is 13.8. The monoisotopic (exact) mass is 254 g/mol. The Balaban J connectivity index is 2.47. The van der Waals surface area contributed by atoms with Gasteiger partial charge in [0.15, 0.2) is 0 Å². The van der Waals surface area contributed by atoms with Crippen LogP contribution < -0.4 is 0 Å². The van der Waals surface area contributed by atoms with Crippen LogP contribution in [-0.4, -0.2) is 6.67 Å². The molecule has 2 aromatic carbocycles. The average molecular weight is 254 g/mol. The van der Waals surface area contributed by atoms with Gasteiger partial charge >= 0.3 is 0 Å². The molecule has 0 N–H and O–H groups in total. The number of hydrogen-bond acceptors (Lipinski definition) is 0. The quantitative estimate of drug-likeness (QED) is 0.644. The summed E-state index contributed by atoms with van der Waals surface area (Å²) in [5.74, 6) is 0. The maximum Gasteiger partial charge on any atom is 0.108 e. The van der Waals surface area contributed by atoms with Gasteiger partial charge in [0.2, 0.25) is 0 Å². The third-order valence-electron chi connectivity index (χ3n) is 3.23. The van der Waals surface area contributed by atoms with Crippen molar-refractivity contribution < 1.29 is 4.39 Å². The van der Waals surface area contributed by atoms with Crippen molar-refractivity contribution in [2.75, 3.05) is 6.67 Å². The fourth-order valence-corrected chi connectivity index (χ4v) is 2.23. The fourth-order valence-electron chi connectivity index (χ4n) is 2.23. The number of aryl methyl sites for hydroxylation is 2. The molecule has 0 fully saturated rings. The van der Waals surface area contributed by atoms with Crippen molar-refractivity contribution in [3.63, 3.8) is 0 Å². The summed E-state index contributed by atoms with van der Waals surface area (Å²) in [5, 5.41) is 2.51. The molecule has 2 aromatic rings. The molecule has 0 aliphatic rings. The van der Waals surface area contributed by atoms with E-state index in [-0.39, 0.29) is 0 Å². The lowest BCUT2D eigenvalue weighted by Gasteiger charge is -2.06. The second-order valence-electron chi connectivity index (χ2n) is 5.00. The van der Waals surface area contributed by atoms with Gasteiger partial charge < -0.3 is 0 Å². The van der Waals surface area contributed by atoms with Gasteiger partial charge in [-0.25, -0.2) is 4.39 Å². The van der Waals surface area contributed by atoms with Crippen LogP contribution in [0.3, 0.4) is 0 Å². The van der Waals surface area contributed by atoms with E-state index in [1.54, 1.807) is 0 Å².